The summed E-state index contributed by atoms with van der Waals surface area (Å²) in [5.41, 5.74) is 9.72. The highest BCUT2D eigenvalue weighted by Gasteiger charge is 2.25. The van der Waals surface area contributed by atoms with Crippen LogP contribution in [-0.4, -0.2) is 41.8 Å². The zero-order valence-corrected chi connectivity index (χ0v) is 15.3. The number of rotatable bonds is 3. The first kappa shape index (κ1) is 16.4. The number of nitrogens with two attached hydrogens (primary N) is 1. The van der Waals surface area contributed by atoms with Crippen molar-refractivity contribution in [2.24, 2.45) is 5.73 Å². The molecule has 0 fully saturated rings. The third-order valence-corrected chi connectivity index (χ3v) is 4.85. The topological polar surface area (TPSA) is 116 Å². The average Bonchev–Trinajstić information content (AvgIpc) is 3.29. The van der Waals surface area contributed by atoms with E-state index in [2.05, 4.69) is 15.4 Å². The summed E-state index contributed by atoms with van der Waals surface area (Å²) >= 11 is 0. The van der Waals surface area contributed by atoms with Crippen molar-refractivity contribution in [2.45, 2.75) is 19.8 Å². The molecule has 0 aromatic carbocycles. The molecule has 0 radical (unpaired) electrons. The van der Waals surface area contributed by atoms with Crippen molar-refractivity contribution >= 4 is 17.4 Å². The van der Waals surface area contributed by atoms with Crippen LogP contribution in [0.3, 0.4) is 0 Å². The number of amides is 1. The third-order valence-electron chi connectivity index (χ3n) is 4.85. The Morgan fingerprint density at radius 1 is 1.25 bits per heavy atom. The molecule has 4 aromatic rings. The summed E-state index contributed by atoms with van der Waals surface area (Å²) in [6.45, 7) is 2.83. The van der Waals surface area contributed by atoms with Gasteiger partial charge in [0, 0.05) is 24.0 Å². The smallest absolute Gasteiger partial charge is 0.254 e. The molecule has 0 aliphatic carbocycles. The summed E-state index contributed by atoms with van der Waals surface area (Å²) in [7, 11) is 0. The van der Waals surface area contributed by atoms with E-state index in [4.69, 9.17) is 15.8 Å². The predicted octanol–water partition coefficient (Wildman–Crippen LogP) is 1.74. The molecule has 5 heterocycles. The summed E-state index contributed by atoms with van der Waals surface area (Å²) in [6, 6.07) is 7.68. The van der Waals surface area contributed by atoms with Crippen molar-refractivity contribution in [1.29, 1.82) is 0 Å². The molecule has 1 amide bonds. The highest BCUT2D eigenvalue weighted by Crippen LogP contribution is 2.33. The first-order valence-electron chi connectivity index (χ1n) is 9.06. The molecule has 4 aromatic heterocycles. The fourth-order valence-corrected chi connectivity index (χ4v) is 3.55. The van der Waals surface area contributed by atoms with Crippen molar-refractivity contribution in [3.05, 3.63) is 53.5 Å². The number of aryl methyl sites for hydroxylation is 1. The number of fused-ring (bicyclic) bond motifs is 2. The van der Waals surface area contributed by atoms with Crippen LogP contribution < -0.4 is 11.1 Å². The Morgan fingerprint density at radius 3 is 2.96 bits per heavy atom. The molecule has 0 bridgehead atoms. The standard InChI is InChI=1S/C19H18N8O/c1-11-4-2-6-15(23-11)27-16(12-5-3-8-21-18(12)25-27)14-7-9-26-19(24-14)13(10-22-26)17(20)28/h2,4,6-7,9-10H,3,5,8H2,1H3,(H2,20,28)(H,21,25). The number of pyridine rings is 1. The molecule has 1 aliphatic heterocycles. The van der Waals surface area contributed by atoms with Crippen LogP contribution >= 0.6 is 0 Å². The number of primary amides is 1. The van der Waals surface area contributed by atoms with Crippen LogP contribution in [-0.2, 0) is 6.42 Å². The number of nitrogens with one attached hydrogen (secondary N) is 1. The maximum Gasteiger partial charge on any atom is 0.254 e. The van der Waals surface area contributed by atoms with E-state index in [1.165, 1.54) is 6.20 Å². The van der Waals surface area contributed by atoms with E-state index in [1.54, 1.807) is 10.7 Å². The molecule has 28 heavy (non-hydrogen) atoms. The van der Waals surface area contributed by atoms with Crippen molar-refractivity contribution in [3.8, 4) is 17.2 Å². The molecule has 0 spiro atoms. The van der Waals surface area contributed by atoms with Crippen LogP contribution in [0.1, 0.15) is 28.0 Å². The number of hydrogen-bond donors (Lipinski definition) is 2. The first-order chi connectivity index (χ1) is 13.6. The van der Waals surface area contributed by atoms with E-state index in [-0.39, 0.29) is 5.56 Å². The molecule has 1 aliphatic rings. The number of carbonyl (C=O) groups excluding carboxylic acids is 1. The van der Waals surface area contributed by atoms with Gasteiger partial charge in [-0.25, -0.2) is 19.2 Å². The van der Waals surface area contributed by atoms with Crippen LogP contribution in [0.2, 0.25) is 0 Å². The maximum absolute atomic E-state index is 11.7. The van der Waals surface area contributed by atoms with E-state index in [1.807, 2.05) is 35.9 Å². The van der Waals surface area contributed by atoms with Gasteiger partial charge in [0.25, 0.3) is 5.91 Å². The van der Waals surface area contributed by atoms with Crippen LogP contribution in [0.4, 0.5) is 5.82 Å². The van der Waals surface area contributed by atoms with Crippen LogP contribution in [0.5, 0.6) is 0 Å². The Morgan fingerprint density at radius 2 is 2.14 bits per heavy atom. The molecular weight excluding hydrogens is 356 g/mol. The minimum absolute atomic E-state index is 0.286. The van der Waals surface area contributed by atoms with Gasteiger partial charge in [0.15, 0.2) is 17.3 Å². The Hall–Kier alpha value is -3.75. The summed E-state index contributed by atoms with van der Waals surface area (Å²) < 4.78 is 3.36. The Balaban J connectivity index is 1.77. The van der Waals surface area contributed by atoms with Crippen LogP contribution in [0, 0.1) is 6.92 Å². The van der Waals surface area contributed by atoms with E-state index in [0.717, 1.165) is 48.0 Å². The van der Waals surface area contributed by atoms with Crippen LogP contribution in [0.15, 0.2) is 36.7 Å². The van der Waals surface area contributed by atoms with Gasteiger partial charge in [-0.2, -0.15) is 5.10 Å². The molecule has 0 atom stereocenters. The lowest BCUT2D eigenvalue weighted by atomic mass is 10.0. The molecule has 9 heteroatoms. The number of nitrogens with zero attached hydrogens (tertiary/aromatic N) is 6. The molecular formula is C19H18N8O. The quantitative estimate of drug-likeness (QED) is 0.564. The zero-order valence-electron chi connectivity index (χ0n) is 15.3. The van der Waals surface area contributed by atoms with E-state index in [0.29, 0.717) is 11.3 Å². The van der Waals surface area contributed by atoms with Crippen molar-refractivity contribution in [1.82, 2.24) is 29.4 Å². The van der Waals surface area contributed by atoms with E-state index < -0.39 is 5.91 Å². The van der Waals surface area contributed by atoms with Gasteiger partial charge in [0.05, 0.1) is 17.6 Å². The van der Waals surface area contributed by atoms with Gasteiger partial charge in [-0.3, -0.25) is 4.79 Å². The Kier molecular flexibility index (Phi) is 3.61. The predicted molar refractivity (Wildman–Crippen MR) is 103 cm³/mol. The van der Waals surface area contributed by atoms with E-state index in [9.17, 15) is 4.79 Å². The Labute approximate surface area is 160 Å². The number of aromatic nitrogens is 6. The van der Waals surface area contributed by atoms with Gasteiger partial charge in [-0.15, -0.1) is 5.10 Å². The Bertz CT molecular complexity index is 1220. The minimum Gasteiger partial charge on any atom is -0.368 e. The maximum atomic E-state index is 11.7. The SMILES string of the molecule is Cc1cccc(-n2nc3c(c2-c2ccn4ncc(C(N)=O)c4n2)CCCN3)n1. The van der Waals surface area contributed by atoms with Gasteiger partial charge in [0.1, 0.15) is 5.56 Å². The molecule has 0 unspecified atom stereocenters. The summed E-state index contributed by atoms with van der Waals surface area (Å²) in [6.07, 6.45) is 5.10. The second-order valence-electron chi connectivity index (χ2n) is 6.76. The molecule has 140 valence electrons. The first-order valence-corrected chi connectivity index (χ1v) is 9.06. The average molecular weight is 374 g/mol. The summed E-state index contributed by atoms with van der Waals surface area (Å²) in [5.74, 6) is 1.00. The monoisotopic (exact) mass is 374 g/mol. The highest BCUT2D eigenvalue weighted by molar-refractivity contribution is 5.98. The number of carbonyl (C=O) groups is 1. The third kappa shape index (κ3) is 2.51. The minimum atomic E-state index is -0.558. The van der Waals surface area contributed by atoms with Gasteiger partial charge in [-0.05, 0) is 38.0 Å². The second kappa shape index (κ2) is 6.15. The zero-order chi connectivity index (χ0) is 19.3. The summed E-state index contributed by atoms with van der Waals surface area (Å²) in [4.78, 5) is 21.0. The van der Waals surface area contributed by atoms with Crippen molar-refractivity contribution in [2.75, 3.05) is 11.9 Å². The lowest BCUT2D eigenvalue weighted by molar-refractivity contribution is 0.100. The normalized spacial score (nSPS) is 13.3. The summed E-state index contributed by atoms with van der Waals surface area (Å²) in [5, 5.41) is 12.3. The van der Waals surface area contributed by atoms with Gasteiger partial charge < -0.3 is 11.1 Å². The molecule has 0 saturated heterocycles. The molecule has 9 nitrogen and oxygen atoms in total. The molecule has 3 N–H and O–H groups in total. The lowest BCUT2D eigenvalue weighted by Gasteiger charge is -2.13. The van der Waals surface area contributed by atoms with Crippen LogP contribution in [0.25, 0.3) is 22.9 Å². The van der Waals surface area contributed by atoms with E-state index >= 15 is 0 Å². The highest BCUT2D eigenvalue weighted by atomic mass is 16.1. The number of hydrogen-bond acceptors (Lipinski definition) is 6. The van der Waals surface area contributed by atoms with Gasteiger partial charge >= 0.3 is 0 Å². The number of anilines is 1. The molecule has 0 saturated carbocycles. The largest absolute Gasteiger partial charge is 0.368 e. The van der Waals surface area contributed by atoms with Crippen molar-refractivity contribution < 1.29 is 4.79 Å². The second-order valence-corrected chi connectivity index (χ2v) is 6.76. The lowest BCUT2D eigenvalue weighted by Crippen LogP contribution is -2.12. The fraction of sp³-hybridized carbons (Fsp3) is 0.211. The van der Waals surface area contributed by atoms with Crippen molar-refractivity contribution in [3.63, 3.8) is 0 Å². The molecule has 5 rings (SSSR count). The van der Waals surface area contributed by atoms with Gasteiger partial charge in [-0.1, -0.05) is 6.07 Å². The fourth-order valence-electron chi connectivity index (χ4n) is 3.55. The van der Waals surface area contributed by atoms with Gasteiger partial charge in [0.2, 0.25) is 0 Å².